The number of amides is 1. The summed E-state index contributed by atoms with van der Waals surface area (Å²) in [7, 11) is 0. The second-order valence-electron chi connectivity index (χ2n) is 8.92. The minimum absolute atomic E-state index is 0.120. The number of carbonyl (C=O) groups excluding carboxylic acids is 1. The van der Waals surface area contributed by atoms with Crippen molar-refractivity contribution in [1.82, 2.24) is 10.2 Å². The fourth-order valence-electron chi connectivity index (χ4n) is 6.79. The molecule has 0 aromatic heterocycles. The Bertz CT molecular complexity index is 724. The summed E-state index contributed by atoms with van der Waals surface area (Å²) >= 11 is 0. The van der Waals surface area contributed by atoms with E-state index in [1.165, 1.54) is 31.2 Å². The van der Waals surface area contributed by atoms with Crippen LogP contribution in [0.1, 0.15) is 50.0 Å². The zero-order valence-corrected chi connectivity index (χ0v) is 15.2. The van der Waals surface area contributed by atoms with Crippen molar-refractivity contribution < 1.29 is 4.79 Å². The first kappa shape index (κ1) is 16.3. The van der Waals surface area contributed by atoms with Gasteiger partial charge in [0.2, 0.25) is 5.91 Å². The third kappa shape index (κ3) is 2.41. The van der Waals surface area contributed by atoms with Gasteiger partial charge in [0.25, 0.3) is 0 Å². The summed E-state index contributed by atoms with van der Waals surface area (Å²) in [5, 5.41) is 12.9. The van der Waals surface area contributed by atoms with E-state index in [0.717, 1.165) is 37.1 Å². The van der Waals surface area contributed by atoms with Crippen LogP contribution in [0, 0.1) is 29.1 Å². The smallest absolute Gasteiger partial charge is 0.237 e. The van der Waals surface area contributed by atoms with Crippen molar-refractivity contribution in [2.75, 3.05) is 13.1 Å². The molecule has 1 aromatic rings. The summed E-state index contributed by atoms with van der Waals surface area (Å²) in [4.78, 5) is 14.4. The summed E-state index contributed by atoms with van der Waals surface area (Å²) in [5.74, 6) is 3.08. The van der Waals surface area contributed by atoms with E-state index in [0.29, 0.717) is 12.5 Å². The van der Waals surface area contributed by atoms with Crippen molar-refractivity contribution in [3.05, 3.63) is 35.9 Å². The third-order valence-corrected chi connectivity index (χ3v) is 7.72. The number of nitrogens with one attached hydrogen (secondary N) is 1. The molecular formula is C22H27N3O. The molecule has 4 heteroatoms. The maximum Gasteiger partial charge on any atom is 0.237 e. The van der Waals surface area contributed by atoms with Gasteiger partial charge in [-0.1, -0.05) is 30.3 Å². The van der Waals surface area contributed by atoms with Crippen LogP contribution in [0.25, 0.3) is 0 Å². The minimum Gasteiger partial charge on any atom is -0.326 e. The lowest BCUT2D eigenvalue weighted by Gasteiger charge is -2.39. The number of benzene rings is 1. The zero-order chi connectivity index (χ0) is 17.7. The van der Waals surface area contributed by atoms with Crippen LogP contribution in [0.15, 0.2) is 30.3 Å². The fourth-order valence-corrected chi connectivity index (χ4v) is 6.79. The molecule has 1 saturated heterocycles. The maximum absolute atomic E-state index is 12.6. The van der Waals surface area contributed by atoms with Crippen molar-refractivity contribution in [3.63, 3.8) is 0 Å². The Kier molecular flexibility index (Phi) is 3.83. The van der Waals surface area contributed by atoms with Crippen LogP contribution in [0.2, 0.25) is 0 Å². The highest BCUT2D eigenvalue weighted by Gasteiger charge is 2.61. The number of nitrogens with zero attached hydrogens (tertiary/aromatic N) is 2. The molecule has 0 spiro atoms. The van der Waals surface area contributed by atoms with Crippen LogP contribution in [0.3, 0.4) is 0 Å². The Balaban J connectivity index is 1.27. The number of hydrogen-bond acceptors (Lipinski definition) is 3. The van der Waals surface area contributed by atoms with Crippen LogP contribution in [0.5, 0.6) is 0 Å². The lowest BCUT2D eigenvalue weighted by atomic mass is 9.68. The van der Waals surface area contributed by atoms with E-state index in [-0.39, 0.29) is 17.5 Å². The molecule has 5 aliphatic rings. The molecular weight excluding hydrogens is 322 g/mol. The van der Waals surface area contributed by atoms with Crippen molar-refractivity contribution >= 4 is 5.91 Å². The second-order valence-corrected chi connectivity index (χ2v) is 8.92. The van der Waals surface area contributed by atoms with E-state index >= 15 is 0 Å². The third-order valence-electron chi connectivity index (χ3n) is 7.72. The molecule has 1 N–H and O–H groups in total. The topological polar surface area (TPSA) is 56.1 Å². The van der Waals surface area contributed by atoms with Crippen molar-refractivity contribution in [2.24, 2.45) is 17.8 Å². The molecule has 4 saturated carbocycles. The molecule has 0 radical (unpaired) electrons. The van der Waals surface area contributed by atoms with E-state index < -0.39 is 0 Å². The Morgan fingerprint density at radius 1 is 1.23 bits per heavy atom. The molecule has 2 unspecified atom stereocenters. The average Bonchev–Trinajstić information content (AvgIpc) is 3.31. The van der Waals surface area contributed by atoms with Crippen LogP contribution in [0.4, 0.5) is 0 Å². The minimum atomic E-state index is -0.208. The average molecular weight is 349 g/mol. The van der Waals surface area contributed by atoms with E-state index in [1.54, 1.807) is 4.90 Å². The van der Waals surface area contributed by atoms with Crippen molar-refractivity contribution in [2.45, 2.75) is 56.0 Å². The van der Waals surface area contributed by atoms with Gasteiger partial charge < -0.3 is 10.2 Å². The van der Waals surface area contributed by atoms with Gasteiger partial charge in [0.05, 0.1) is 12.6 Å². The van der Waals surface area contributed by atoms with Gasteiger partial charge in [0.15, 0.2) is 0 Å². The molecule has 6 rings (SSSR count). The number of rotatable bonds is 4. The van der Waals surface area contributed by atoms with Crippen molar-refractivity contribution in [3.8, 4) is 6.07 Å². The summed E-state index contributed by atoms with van der Waals surface area (Å²) in [6, 6.07) is 13.1. The van der Waals surface area contributed by atoms with E-state index in [4.69, 9.17) is 0 Å². The Labute approximate surface area is 155 Å². The first-order valence-electron chi connectivity index (χ1n) is 10.2. The van der Waals surface area contributed by atoms with Crippen LogP contribution >= 0.6 is 0 Å². The number of likely N-dealkylation sites (tertiary alicyclic amines) is 1. The van der Waals surface area contributed by atoms with E-state index in [9.17, 15) is 10.1 Å². The Morgan fingerprint density at radius 3 is 2.65 bits per heavy atom. The number of carbonyl (C=O) groups is 1. The summed E-state index contributed by atoms with van der Waals surface area (Å²) in [6.07, 6.45) is 6.83. The van der Waals surface area contributed by atoms with Gasteiger partial charge in [-0.15, -0.1) is 0 Å². The van der Waals surface area contributed by atoms with Gasteiger partial charge in [0, 0.05) is 12.1 Å². The lowest BCUT2D eigenvalue weighted by molar-refractivity contribution is -0.130. The number of hydrogen-bond donors (Lipinski definition) is 1. The van der Waals surface area contributed by atoms with Gasteiger partial charge in [0.1, 0.15) is 6.04 Å². The SMILES string of the molecule is N#C[C@@H]1CCCN1C(=O)CNC12CC3CC1CC(C2)C3c1ccccc1. The quantitative estimate of drug-likeness (QED) is 0.909. The second kappa shape index (κ2) is 6.09. The predicted molar refractivity (Wildman–Crippen MR) is 99.2 cm³/mol. The predicted octanol–water partition coefficient (Wildman–Crippen LogP) is 3.06. The highest BCUT2D eigenvalue weighted by atomic mass is 16.2. The summed E-state index contributed by atoms with van der Waals surface area (Å²) in [6.45, 7) is 1.15. The van der Waals surface area contributed by atoms with Gasteiger partial charge >= 0.3 is 0 Å². The molecule has 26 heavy (non-hydrogen) atoms. The normalized spacial score (nSPS) is 40.1. The molecule has 4 aliphatic carbocycles. The molecule has 3 atom stereocenters. The number of nitriles is 1. The summed E-state index contributed by atoms with van der Waals surface area (Å²) < 4.78 is 0. The first-order chi connectivity index (χ1) is 12.7. The van der Waals surface area contributed by atoms with Crippen LogP contribution < -0.4 is 5.32 Å². The molecule has 1 heterocycles. The highest BCUT2D eigenvalue weighted by Crippen LogP contribution is 2.65. The molecule has 1 aliphatic heterocycles. The van der Waals surface area contributed by atoms with E-state index in [2.05, 4.69) is 41.7 Å². The van der Waals surface area contributed by atoms with Gasteiger partial charge in [-0.25, -0.2) is 0 Å². The molecule has 136 valence electrons. The highest BCUT2D eigenvalue weighted by molar-refractivity contribution is 5.79. The van der Waals surface area contributed by atoms with Crippen LogP contribution in [-0.2, 0) is 4.79 Å². The molecule has 1 aromatic carbocycles. The maximum atomic E-state index is 12.6. The molecule has 5 fully saturated rings. The monoisotopic (exact) mass is 349 g/mol. The molecule has 4 bridgehead atoms. The van der Waals surface area contributed by atoms with Gasteiger partial charge in [-0.2, -0.15) is 5.26 Å². The van der Waals surface area contributed by atoms with E-state index in [1.807, 2.05) is 0 Å². The van der Waals surface area contributed by atoms with Crippen LogP contribution in [-0.4, -0.2) is 35.5 Å². The lowest BCUT2D eigenvalue weighted by Crippen LogP contribution is -2.51. The largest absolute Gasteiger partial charge is 0.326 e. The van der Waals surface area contributed by atoms with Gasteiger partial charge in [-0.05, 0) is 67.8 Å². The molecule has 1 amide bonds. The standard InChI is InChI=1S/C22H27N3O/c23-13-19-7-4-8-25(19)20(26)14-24-22-11-16-9-18(22)10-17(12-22)21(16)15-5-2-1-3-6-15/h1-3,5-6,16-19,21,24H,4,7-12,14H2/t16?,17?,18?,19-,21?,22?/m0/s1. The first-order valence-corrected chi connectivity index (χ1v) is 10.2. The van der Waals surface area contributed by atoms with Crippen molar-refractivity contribution in [1.29, 1.82) is 5.26 Å². The Hall–Kier alpha value is -1.86. The fraction of sp³-hybridized carbons (Fsp3) is 0.636. The Morgan fingerprint density at radius 2 is 1.96 bits per heavy atom. The van der Waals surface area contributed by atoms with Gasteiger partial charge in [-0.3, -0.25) is 4.79 Å². The zero-order valence-electron chi connectivity index (χ0n) is 15.2. The summed E-state index contributed by atoms with van der Waals surface area (Å²) in [5.41, 5.74) is 1.69. The molecule has 4 nitrogen and oxygen atoms in total.